The Morgan fingerprint density at radius 2 is 0.844 bits per heavy atom. The SMILES string of the molecule is O=S.c1ccc(-c2ccc3sccc3c2)cc1.c1ccc(-c2ccc3sccc3c2)cc1. The molecule has 4 aromatic carbocycles. The van der Waals surface area contributed by atoms with Crippen molar-refractivity contribution < 1.29 is 4.21 Å². The van der Waals surface area contributed by atoms with Crippen molar-refractivity contribution in [1.29, 1.82) is 0 Å². The van der Waals surface area contributed by atoms with E-state index in [9.17, 15) is 0 Å². The van der Waals surface area contributed by atoms with Crippen LogP contribution in [-0.2, 0) is 12.5 Å². The molecule has 0 radical (unpaired) electrons. The van der Waals surface area contributed by atoms with E-state index in [-0.39, 0.29) is 0 Å². The van der Waals surface area contributed by atoms with Gasteiger partial charge in [-0.15, -0.1) is 22.7 Å². The molecule has 0 aliphatic carbocycles. The predicted molar refractivity (Wildman–Crippen MR) is 143 cm³/mol. The molecule has 0 spiro atoms. The highest BCUT2D eigenvalue weighted by molar-refractivity contribution is 7.44. The molecule has 2 heterocycles. The first-order valence-electron chi connectivity index (χ1n) is 10.1. The van der Waals surface area contributed by atoms with Gasteiger partial charge in [-0.3, -0.25) is 0 Å². The summed E-state index contributed by atoms with van der Waals surface area (Å²) < 4.78 is 10.5. The normalized spacial score (nSPS) is 10.1. The van der Waals surface area contributed by atoms with Gasteiger partial charge in [0.25, 0.3) is 0 Å². The van der Waals surface area contributed by atoms with Crippen LogP contribution in [0.15, 0.2) is 120 Å². The smallest absolute Gasteiger partial charge is 0.197 e. The highest BCUT2D eigenvalue weighted by Crippen LogP contribution is 2.28. The van der Waals surface area contributed by atoms with E-state index < -0.39 is 0 Å². The molecule has 0 aliphatic rings. The van der Waals surface area contributed by atoms with E-state index in [0.29, 0.717) is 0 Å². The quantitative estimate of drug-likeness (QED) is 0.252. The largest absolute Gasteiger partial charge is 0.197 e. The fourth-order valence-electron chi connectivity index (χ4n) is 3.55. The second-order valence-corrected chi connectivity index (χ2v) is 8.97. The lowest BCUT2D eigenvalue weighted by Crippen LogP contribution is -1.75. The lowest BCUT2D eigenvalue weighted by molar-refractivity contribution is 0.702. The highest BCUT2D eigenvalue weighted by Gasteiger charge is 2.00. The monoisotopic (exact) mass is 468 g/mol. The summed E-state index contributed by atoms with van der Waals surface area (Å²) in [4.78, 5) is 0. The fraction of sp³-hybridized carbons (Fsp3) is 0. The molecule has 32 heavy (non-hydrogen) atoms. The van der Waals surface area contributed by atoms with Crippen molar-refractivity contribution in [2.45, 2.75) is 0 Å². The molecule has 156 valence electrons. The summed E-state index contributed by atoms with van der Waals surface area (Å²) in [6, 6.07) is 38.6. The van der Waals surface area contributed by atoms with Gasteiger partial charge in [0.2, 0.25) is 0 Å². The predicted octanol–water partition coefficient (Wildman–Crippen LogP) is 8.80. The van der Waals surface area contributed by atoms with Crippen LogP contribution in [0.4, 0.5) is 0 Å². The van der Waals surface area contributed by atoms with E-state index in [2.05, 4.69) is 120 Å². The second kappa shape index (κ2) is 10.9. The van der Waals surface area contributed by atoms with Gasteiger partial charge in [0.05, 0.1) is 0 Å². The Bertz CT molecular complexity index is 1290. The molecule has 0 bridgehead atoms. The molecule has 6 rings (SSSR count). The van der Waals surface area contributed by atoms with Crippen LogP contribution in [0.5, 0.6) is 0 Å². The van der Waals surface area contributed by atoms with Crippen LogP contribution < -0.4 is 0 Å². The first-order valence-corrected chi connectivity index (χ1v) is 12.2. The molecule has 0 fully saturated rings. The van der Waals surface area contributed by atoms with E-state index in [1.807, 2.05) is 12.1 Å². The molecule has 0 aliphatic heterocycles. The Hall–Kier alpha value is -3.18. The van der Waals surface area contributed by atoms with Crippen molar-refractivity contribution in [1.82, 2.24) is 0 Å². The fourth-order valence-corrected chi connectivity index (χ4v) is 5.10. The maximum atomic E-state index is 7.83. The minimum Gasteiger partial charge on any atom is -0.197 e. The summed E-state index contributed by atoms with van der Waals surface area (Å²) in [5.41, 5.74) is 5.15. The first kappa shape index (κ1) is 22.0. The molecule has 0 unspecified atom stereocenters. The Labute approximate surface area is 201 Å². The van der Waals surface area contributed by atoms with E-state index in [0.717, 1.165) is 0 Å². The van der Waals surface area contributed by atoms with Crippen LogP contribution in [-0.4, -0.2) is 4.21 Å². The number of benzene rings is 4. The van der Waals surface area contributed by atoms with Gasteiger partial charge < -0.3 is 0 Å². The van der Waals surface area contributed by atoms with Crippen molar-refractivity contribution in [2.24, 2.45) is 0 Å². The summed E-state index contributed by atoms with van der Waals surface area (Å²) in [7, 11) is 0. The number of thiophene rings is 2. The lowest BCUT2D eigenvalue weighted by Gasteiger charge is -2.00. The second-order valence-electron chi connectivity index (χ2n) is 7.08. The molecule has 0 saturated heterocycles. The van der Waals surface area contributed by atoms with Crippen molar-refractivity contribution in [3.63, 3.8) is 0 Å². The number of hydrogen-bond donors (Lipinski definition) is 0. The molecule has 6 aromatic rings. The lowest BCUT2D eigenvalue weighted by atomic mass is 10.0. The maximum absolute atomic E-state index is 7.83. The summed E-state index contributed by atoms with van der Waals surface area (Å²) in [5, 5.41) is 6.95. The van der Waals surface area contributed by atoms with Crippen LogP contribution >= 0.6 is 22.7 Å². The Morgan fingerprint density at radius 3 is 1.25 bits per heavy atom. The standard InChI is InChI=1S/2C14H10S.OS/c2*1-2-4-11(5-3-1)12-6-7-14-13(10-12)8-9-15-14;1-2/h2*1-10H;. The molecular formula is C28H20OS3. The molecule has 0 atom stereocenters. The summed E-state index contributed by atoms with van der Waals surface area (Å²) in [6.45, 7) is 0. The third kappa shape index (κ3) is 5.17. The van der Waals surface area contributed by atoms with E-state index in [1.54, 1.807) is 22.7 Å². The van der Waals surface area contributed by atoms with E-state index >= 15 is 0 Å². The van der Waals surface area contributed by atoms with Crippen LogP contribution in [0.3, 0.4) is 0 Å². The Kier molecular flexibility index (Phi) is 7.51. The summed E-state index contributed by atoms with van der Waals surface area (Å²) in [6.07, 6.45) is 0. The molecular weight excluding hydrogens is 449 g/mol. The van der Waals surface area contributed by atoms with Crippen LogP contribution in [0.1, 0.15) is 0 Å². The van der Waals surface area contributed by atoms with Crippen molar-refractivity contribution >= 4 is 55.4 Å². The summed E-state index contributed by atoms with van der Waals surface area (Å²) >= 11 is 6.42. The molecule has 0 amide bonds. The first-order chi connectivity index (χ1) is 15.9. The molecule has 1 nitrogen and oxygen atoms in total. The molecule has 0 N–H and O–H groups in total. The molecule has 0 saturated carbocycles. The van der Waals surface area contributed by atoms with Gasteiger partial charge in [-0.05, 0) is 80.2 Å². The van der Waals surface area contributed by atoms with Crippen LogP contribution in [0.25, 0.3) is 42.4 Å². The zero-order valence-electron chi connectivity index (χ0n) is 17.2. The zero-order valence-corrected chi connectivity index (χ0v) is 19.6. The van der Waals surface area contributed by atoms with Crippen molar-refractivity contribution in [3.8, 4) is 22.3 Å². The van der Waals surface area contributed by atoms with Gasteiger partial charge in [-0.2, -0.15) is 4.21 Å². The third-order valence-electron chi connectivity index (χ3n) is 5.12. The van der Waals surface area contributed by atoms with Crippen molar-refractivity contribution in [2.75, 3.05) is 0 Å². The number of rotatable bonds is 2. The van der Waals surface area contributed by atoms with E-state index in [4.69, 9.17) is 4.21 Å². The third-order valence-corrected chi connectivity index (χ3v) is 6.91. The van der Waals surface area contributed by atoms with Gasteiger partial charge >= 0.3 is 0 Å². The summed E-state index contributed by atoms with van der Waals surface area (Å²) in [5.74, 6) is 0. The van der Waals surface area contributed by atoms with Gasteiger partial charge in [0, 0.05) is 9.40 Å². The van der Waals surface area contributed by atoms with Crippen LogP contribution in [0.2, 0.25) is 0 Å². The molecule has 2 aromatic heterocycles. The van der Waals surface area contributed by atoms with Gasteiger partial charge in [0.15, 0.2) is 12.5 Å². The number of fused-ring (bicyclic) bond motifs is 2. The minimum atomic E-state index is 1.28. The average molecular weight is 469 g/mol. The van der Waals surface area contributed by atoms with Gasteiger partial charge in [0.1, 0.15) is 0 Å². The van der Waals surface area contributed by atoms with Gasteiger partial charge in [-0.25, -0.2) is 0 Å². The maximum Gasteiger partial charge on any atom is 0.197 e. The zero-order chi connectivity index (χ0) is 22.2. The van der Waals surface area contributed by atoms with Crippen LogP contribution in [0, 0.1) is 0 Å². The molecule has 4 heteroatoms. The minimum absolute atomic E-state index is 1.28. The average Bonchev–Trinajstić information content (AvgIpc) is 3.55. The van der Waals surface area contributed by atoms with E-state index in [1.165, 1.54) is 42.4 Å². The Morgan fingerprint density at radius 1 is 0.438 bits per heavy atom. The Balaban J connectivity index is 0.000000142. The number of hydrogen-bond acceptors (Lipinski definition) is 4. The van der Waals surface area contributed by atoms with Gasteiger partial charge in [-0.1, -0.05) is 72.8 Å². The topological polar surface area (TPSA) is 17.1 Å². The van der Waals surface area contributed by atoms with Crippen molar-refractivity contribution in [3.05, 3.63) is 120 Å². The highest BCUT2D eigenvalue weighted by atomic mass is 32.1.